The zero-order valence-electron chi connectivity index (χ0n) is 17.2. The maximum absolute atomic E-state index is 13.4. The molecule has 0 amide bonds. The second kappa shape index (κ2) is 8.40. The molecule has 0 radical (unpaired) electrons. The zero-order valence-corrected chi connectivity index (χ0v) is 18.8. The van der Waals surface area contributed by atoms with Gasteiger partial charge in [0.1, 0.15) is 0 Å². The van der Waals surface area contributed by atoms with E-state index in [1.807, 2.05) is 50.4 Å². The third-order valence-corrected chi connectivity index (χ3v) is 6.79. The molecule has 1 aromatic carbocycles. The van der Waals surface area contributed by atoms with E-state index in [9.17, 15) is 9.59 Å². The highest BCUT2D eigenvalue weighted by Gasteiger charge is 2.41. The van der Waals surface area contributed by atoms with Crippen molar-refractivity contribution in [1.82, 2.24) is 5.32 Å². The Bertz CT molecular complexity index is 1050. The summed E-state index contributed by atoms with van der Waals surface area (Å²) in [5.74, 6) is -0.669. The van der Waals surface area contributed by atoms with Gasteiger partial charge in [-0.05, 0) is 56.3 Å². The van der Waals surface area contributed by atoms with Gasteiger partial charge in [-0.25, -0.2) is 4.79 Å². The van der Waals surface area contributed by atoms with Crippen molar-refractivity contribution in [3.05, 3.63) is 79.8 Å². The second-order valence-corrected chi connectivity index (χ2v) is 9.46. The van der Waals surface area contributed by atoms with Gasteiger partial charge in [0.05, 0.1) is 11.7 Å². The van der Waals surface area contributed by atoms with E-state index in [1.54, 1.807) is 17.4 Å². The minimum absolute atomic E-state index is 0.0643. The van der Waals surface area contributed by atoms with Crippen molar-refractivity contribution in [3.8, 4) is 0 Å². The third kappa shape index (κ3) is 3.96. The molecule has 0 spiro atoms. The van der Waals surface area contributed by atoms with E-state index >= 15 is 0 Å². The van der Waals surface area contributed by atoms with Crippen LogP contribution in [0.25, 0.3) is 0 Å². The number of rotatable bonds is 4. The number of dihydropyridines is 1. The number of hydrogen-bond acceptors (Lipinski definition) is 5. The van der Waals surface area contributed by atoms with E-state index < -0.39 is 11.9 Å². The fraction of sp³-hybridized carbons (Fsp3) is 0.333. The number of ketones is 1. The van der Waals surface area contributed by atoms with Gasteiger partial charge in [-0.3, -0.25) is 4.79 Å². The lowest BCUT2D eigenvalue weighted by atomic mass is 9.72. The summed E-state index contributed by atoms with van der Waals surface area (Å²) in [6.45, 7) is 5.51. The summed E-state index contributed by atoms with van der Waals surface area (Å²) in [5, 5.41) is 5.98. The smallest absolute Gasteiger partial charge is 0.337 e. The number of hydrogen-bond donors (Lipinski definition) is 1. The largest absolute Gasteiger partial charge is 0.460 e. The maximum Gasteiger partial charge on any atom is 0.337 e. The summed E-state index contributed by atoms with van der Waals surface area (Å²) in [4.78, 5) is 27.6. The van der Waals surface area contributed by atoms with Gasteiger partial charge >= 0.3 is 5.97 Å². The molecule has 1 aromatic heterocycles. The first-order chi connectivity index (χ1) is 14.3. The quantitative estimate of drug-likeness (QED) is 0.617. The molecule has 1 aliphatic carbocycles. The van der Waals surface area contributed by atoms with E-state index in [2.05, 4.69) is 11.4 Å². The van der Waals surface area contributed by atoms with Crippen LogP contribution in [0.15, 0.2) is 64.3 Å². The SMILES string of the molecule is CC1=C(C(=O)OC(C)C)[C@H](c2cccc(Cl)c2)C2=C(C[C@@H](c3cccs3)CC2=O)N1. The van der Waals surface area contributed by atoms with Crippen LogP contribution in [-0.4, -0.2) is 17.9 Å². The van der Waals surface area contributed by atoms with E-state index in [4.69, 9.17) is 16.3 Å². The highest BCUT2D eigenvalue weighted by Crippen LogP contribution is 2.46. The Morgan fingerprint density at radius 2 is 2.03 bits per heavy atom. The lowest BCUT2D eigenvalue weighted by molar-refractivity contribution is -0.143. The summed E-state index contributed by atoms with van der Waals surface area (Å²) >= 11 is 7.94. The zero-order chi connectivity index (χ0) is 21.4. The van der Waals surface area contributed by atoms with Crippen LogP contribution >= 0.6 is 22.9 Å². The summed E-state index contributed by atoms with van der Waals surface area (Å²) in [6, 6.07) is 11.5. The molecule has 0 unspecified atom stereocenters. The molecule has 156 valence electrons. The minimum atomic E-state index is -0.483. The Balaban J connectivity index is 1.81. The molecule has 0 saturated heterocycles. The minimum Gasteiger partial charge on any atom is -0.460 e. The molecule has 0 fully saturated rings. The molecule has 2 atom stereocenters. The van der Waals surface area contributed by atoms with E-state index in [-0.39, 0.29) is 17.8 Å². The topological polar surface area (TPSA) is 55.4 Å². The number of esters is 1. The fourth-order valence-corrected chi connectivity index (χ4v) is 5.36. The van der Waals surface area contributed by atoms with Gasteiger partial charge in [-0.1, -0.05) is 29.8 Å². The summed E-state index contributed by atoms with van der Waals surface area (Å²) in [5.41, 5.74) is 3.59. The lowest BCUT2D eigenvalue weighted by Crippen LogP contribution is -2.36. The average Bonchev–Trinajstić information content (AvgIpc) is 3.21. The van der Waals surface area contributed by atoms with Gasteiger partial charge in [0.25, 0.3) is 0 Å². The van der Waals surface area contributed by atoms with Crippen LogP contribution in [0.3, 0.4) is 0 Å². The van der Waals surface area contributed by atoms with E-state index in [0.717, 1.165) is 23.4 Å². The van der Waals surface area contributed by atoms with Crippen LogP contribution in [0.2, 0.25) is 5.02 Å². The van der Waals surface area contributed by atoms with E-state index in [1.165, 1.54) is 4.88 Å². The first-order valence-electron chi connectivity index (χ1n) is 10.1. The van der Waals surface area contributed by atoms with Crippen LogP contribution in [0, 0.1) is 0 Å². The highest BCUT2D eigenvalue weighted by molar-refractivity contribution is 7.10. The van der Waals surface area contributed by atoms with Gasteiger partial charge < -0.3 is 10.1 Å². The van der Waals surface area contributed by atoms with Gasteiger partial charge in [-0.2, -0.15) is 0 Å². The van der Waals surface area contributed by atoms with Crippen molar-refractivity contribution in [2.75, 3.05) is 0 Å². The van der Waals surface area contributed by atoms with Crippen molar-refractivity contribution in [2.45, 2.75) is 51.6 Å². The number of ether oxygens (including phenoxy) is 1. The molecule has 4 nitrogen and oxygen atoms in total. The first kappa shape index (κ1) is 20.9. The Hall–Kier alpha value is -2.37. The number of nitrogens with one attached hydrogen (secondary N) is 1. The number of halogens is 1. The van der Waals surface area contributed by atoms with Crippen molar-refractivity contribution in [3.63, 3.8) is 0 Å². The summed E-state index contributed by atoms with van der Waals surface area (Å²) in [6.07, 6.45) is 0.921. The van der Waals surface area contributed by atoms with Crippen LogP contribution in [0.4, 0.5) is 0 Å². The molecule has 2 aromatic rings. The Morgan fingerprint density at radius 3 is 2.70 bits per heavy atom. The summed E-state index contributed by atoms with van der Waals surface area (Å²) in [7, 11) is 0. The molecule has 1 aliphatic heterocycles. The number of thiophene rings is 1. The molecular formula is C24H24ClNO3S. The molecule has 0 bridgehead atoms. The molecule has 0 saturated carbocycles. The monoisotopic (exact) mass is 441 g/mol. The van der Waals surface area contributed by atoms with Gasteiger partial charge in [0, 0.05) is 45.1 Å². The lowest BCUT2D eigenvalue weighted by Gasteiger charge is -2.36. The third-order valence-electron chi connectivity index (χ3n) is 5.52. The second-order valence-electron chi connectivity index (χ2n) is 8.04. The Kier molecular flexibility index (Phi) is 5.85. The van der Waals surface area contributed by atoms with Crippen LogP contribution in [0.1, 0.15) is 55.9 Å². The first-order valence-corrected chi connectivity index (χ1v) is 11.3. The number of benzene rings is 1. The Labute approximate surface area is 185 Å². The van der Waals surface area contributed by atoms with Crippen molar-refractivity contribution >= 4 is 34.7 Å². The number of carbonyl (C=O) groups is 2. The number of carbonyl (C=O) groups excluding carboxylic acids is 2. The number of allylic oxidation sites excluding steroid dienone is 3. The van der Waals surface area contributed by atoms with Crippen LogP contribution in [0.5, 0.6) is 0 Å². The van der Waals surface area contributed by atoms with Crippen LogP contribution in [-0.2, 0) is 14.3 Å². The van der Waals surface area contributed by atoms with Crippen molar-refractivity contribution in [1.29, 1.82) is 0 Å². The maximum atomic E-state index is 13.4. The predicted octanol–water partition coefficient (Wildman–Crippen LogP) is 5.71. The predicted molar refractivity (Wildman–Crippen MR) is 120 cm³/mol. The fourth-order valence-electron chi connectivity index (χ4n) is 4.33. The van der Waals surface area contributed by atoms with Crippen molar-refractivity contribution in [2.24, 2.45) is 0 Å². The van der Waals surface area contributed by atoms with Gasteiger partial charge in [0.15, 0.2) is 5.78 Å². The molecule has 6 heteroatoms. The average molecular weight is 442 g/mol. The van der Waals surface area contributed by atoms with Gasteiger partial charge in [0.2, 0.25) is 0 Å². The van der Waals surface area contributed by atoms with Crippen molar-refractivity contribution < 1.29 is 14.3 Å². The van der Waals surface area contributed by atoms with Crippen LogP contribution < -0.4 is 5.32 Å². The number of Topliss-reactive ketones (excluding diaryl/α,β-unsaturated/α-hetero) is 1. The molecular weight excluding hydrogens is 418 g/mol. The summed E-state index contributed by atoms with van der Waals surface area (Å²) < 4.78 is 5.54. The molecule has 30 heavy (non-hydrogen) atoms. The molecule has 2 heterocycles. The molecule has 4 rings (SSSR count). The molecule has 1 N–H and O–H groups in total. The van der Waals surface area contributed by atoms with E-state index in [0.29, 0.717) is 22.6 Å². The van der Waals surface area contributed by atoms with Gasteiger partial charge in [-0.15, -0.1) is 11.3 Å². The highest BCUT2D eigenvalue weighted by atomic mass is 35.5. The molecule has 2 aliphatic rings. The standard InChI is InChI=1S/C24H24ClNO3S/c1-13(2)29-24(28)21-14(3)26-18-11-16(20-8-5-9-30-20)12-19(27)23(18)22(21)15-6-4-7-17(25)10-15/h4-10,13,16,22,26H,11-12H2,1-3H3/t16-,22+/m1/s1. The Morgan fingerprint density at radius 1 is 1.23 bits per heavy atom. The normalized spacial score (nSPS) is 21.6.